The van der Waals surface area contributed by atoms with Crippen molar-refractivity contribution in [3.8, 4) is 0 Å². The van der Waals surface area contributed by atoms with Gasteiger partial charge in [-0.1, -0.05) is 6.92 Å². The largest absolute Gasteiger partial charge is 0.356 e. The summed E-state index contributed by atoms with van der Waals surface area (Å²) in [6.45, 7) is 10.8. The summed E-state index contributed by atoms with van der Waals surface area (Å²) in [6, 6.07) is 0.662. The molecule has 1 N–H and O–H groups in total. The summed E-state index contributed by atoms with van der Waals surface area (Å²) in [5.74, 6) is 0.992. The molecule has 0 bridgehead atoms. The van der Waals surface area contributed by atoms with Crippen molar-refractivity contribution in [2.45, 2.75) is 46.1 Å². The van der Waals surface area contributed by atoms with Crippen LogP contribution in [0.5, 0.6) is 0 Å². The summed E-state index contributed by atoms with van der Waals surface area (Å²) in [5, 5.41) is 4.65. The minimum atomic E-state index is 0. The summed E-state index contributed by atoms with van der Waals surface area (Å²) in [7, 11) is 4.01. The van der Waals surface area contributed by atoms with Crippen LogP contribution in [0.25, 0.3) is 0 Å². The van der Waals surface area contributed by atoms with E-state index >= 15 is 0 Å². The van der Waals surface area contributed by atoms with Gasteiger partial charge < -0.3 is 10.2 Å². The molecule has 7 heteroatoms. The first-order valence-corrected chi connectivity index (χ1v) is 9.45. The molecule has 24 heavy (non-hydrogen) atoms. The maximum absolute atomic E-state index is 4.49. The van der Waals surface area contributed by atoms with Gasteiger partial charge in [0.25, 0.3) is 0 Å². The fraction of sp³-hybridized carbons (Fsp3) is 0.765. The first kappa shape index (κ1) is 21.6. The normalized spacial score (nSPS) is 18.5. The van der Waals surface area contributed by atoms with Crippen LogP contribution in [0.4, 0.5) is 0 Å². The van der Waals surface area contributed by atoms with E-state index in [0.29, 0.717) is 6.04 Å². The van der Waals surface area contributed by atoms with Gasteiger partial charge in [0.2, 0.25) is 0 Å². The number of aryl methyl sites for hydroxylation is 2. The van der Waals surface area contributed by atoms with Gasteiger partial charge in [-0.2, -0.15) is 0 Å². The summed E-state index contributed by atoms with van der Waals surface area (Å²) in [6.07, 6.45) is 3.63. The van der Waals surface area contributed by atoms with E-state index in [1.165, 1.54) is 30.0 Å². The molecule has 1 aromatic rings. The van der Waals surface area contributed by atoms with E-state index in [9.17, 15) is 0 Å². The maximum atomic E-state index is 4.49. The zero-order valence-electron chi connectivity index (χ0n) is 15.6. The number of aromatic nitrogens is 1. The lowest BCUT2D eigenvalue weighted by Gasteiger charge is -2.29. The molecule has 0 spiro atoms. The minimum absolute atomic E-state index is 0. The van der Waals surface area contributed by atoms with Crippen LogP contribution in [-0.2, 0) is 6.42 Å². The molecule has 0 radical (unpaired) electrons. The van der Waals surface area contributed by atoms with Crippen LogP contribution in [-0.4, -0.2) is 67.1 Å². The van der Waals surface area contributed by atoms with E-state index in [2.05, 4.69) is 52.9 Å². The average molecular weight is 465 g/mol. The molecule has 0 amide bonds. The van der Waals surface area contributed by atoms with E-state index in [1.54, 1.807) is 11.3 Å². The molecule has 0 saturated carbocycles. The van der Waals surface area contributed by atoms with Crippen molar-refractivity contribution in [2.24, 2.45) is 4.99 Å². The van der Waals surface area contributed by atoms with E-state index in [1.807, 2.05) is 7.05 Å². The number of rotatable bonds is 6. The van der Waals surface area contributed by atoms with E-state index in [4.69, 9.17) is 0 Å². The van der Waals surface area contributed by atoms with Crippen molar-refractivity contribution in [3.63, 3.8) is 0 Å². The molecule has 2 heterocycles. The van der Waals surface area contributed by atoms with Gasteiger partial charge in [0.05, 0.1) is 10.7 Å². The van der Waals surface area contributed by atoms with Crippen LogP contribution in [0.3, 0.4) is 0 Å². The van der Waals surface area contributed by atoms with Crippen LogP contribution >= 0.6 is 35.3 Å². The number of aliphatic imine (C=N–C) groups is 1. The minimum Gasteiger partial charge on any atom is -0.356 e. The second-order valence-corrected chi connectivity index (χ2v) is 7.56. The summed E-state index contributed by atoms with van der Waals surface area (Å²) < 4.78 is 0. The van der Waals surface area contributed by atoms with Gasteiger partial charge in [0.15, 0.2) is 5.96 Å². The molecule has 138 valence electrons. The maximum Gasteiger partial charge on any atom is 0.193 e. The summed E-state index contributed by atoms with van der Waals surface area (Å²) in [5.41, 5.74) is 1.17. The highest BCUT2D eigenvalue weighted by atomic mass is 127. The number of hydrogen-bond acceptors (Lipinski definition) is 4. The van der Waals surface area contributed by atoms with Gasteiger partial charge in [-0.3, -0.25) is 9.89 Å². The van der Waals surface area contributed by atoms with E-state index in [0.717, 1.165) is 37.0 Å². The number of likely N-dealkylation sites (N-methyl/N-ethyl adjacent to an activating group) is 2. The molecule has 1 atom stereocenters. The third-order valence-electron chi connectivity index (χ3n) is 4.60. The Balaban J connectivity index is 0.00000288. The molecule has 5 nitrogen and oxygen atoms in total. The molecule has 0 aromatic carbocycles. The van der Waals surface area contributed by atoms with Gasteiger partial charge in [0.1, 0.15) is 0 Å². The molecule has 0 aliphatic carbocycles. The van der Waals surface area contributed by atoms with E-state index in [-0.39, 0.29) is 24.0 Å². The Labute approximate surface area is 168 Å². The molecule has 1 aromatic heterocycles. The summed E-state index contributed by atoms with van der Waals surface area (Å²) in [4.78, 5) is 15.2. The zero-order chi connectivity index (χ0) is 16.8. The molecular formula is C17H32IN5S. The molecular weight excluding hydrogens is 433 g/mol. The predicted molar refractivity (Wildman–Crippen MR) is 115 cm³/mol. The fourth-order valence-corrected chi connectivity index (χ4v) is 4.34. The van der Waals surface area contributed by atoms with Gasteiger partial charge in [0, 0.05) is 44.5 Å². The Morgan fingerprint density at radius 2 is 2.21 bits per heavy atom. The van der Waals surface area contributed by atoms with Crippen LogP contribution in [0.2, 0.25) is 0 Å². The lowest BCUT2D eigenvalue weighted by Crippen LogP contribution is -2.46. The van der Waals surface area contributed by atoms with Crippen molar-refractivity contribution in [3.05, 3.63) is 15.6 Å². The van der Waals surface area contributed by atoms with Crippen LogP contribution < -0.4 is 5.32 Å². The van der Waals surface area contributed by atoms with Crippen molar-refractivity contribution in [1.82, 2.24) is 20.1 Å². The SMILES string of the molecule is CCN1CCCC1CN(C)C(=NC)NCCc1sc(C)nc1C.I. The second-order valence-electron chi connectivity index (χ2n) is 6.27. The highest BCUT2D eigenvalue weighted by Crippen LogP contribution is 2.18. The Morgan fingerprint density at radius 1 is 1.46 bits per heavy atom. The van der Waals surface area contributed by atoms with Gasteiger partial charge in [-0.05, 0) is 39.8 Å². The highest BCUT2D eigenvalue weighted by molar-refractivity contribution is 14.0. The number of halogens is 1. The Bertz CT molecular complexity index is 531. The second kappa shape index (κ2) is 10.6. The monoisotopic (exact) mass is 465 g/mol. The smallest absolute Gasteiger partial charge is 0.193 e. The molecule has 1 saturated heterocycles. The number of thiazole rings is 1. The van der Waals surface area contributed by atoms with E-state index < -0.39 is 0 Å². The van der Waals surface area contributed by atoms with Crippen molar-refractivity contribution in [1.29, 1.82) is 0 Å². The first-order chi connectivity index (χ1) is 11.0. The fourth-order valence-electron chi connectivity index (χ4n) is 3.40. The van der Waals surface area contributed by atoms with Gasteiger partial charge in [-0.15, -0.1) is 35.3 Å². The van der Waals surface area contributed by atoms with Crippen molar-refractivity contribution in [2.75, 3.05) is 40.3 Å². The highest BCUT2D eigenvalue weighted by Gasteiger charge is 2.24. The summed E-state index contributed by atoms with van der Waals surface area (Å²) >= 11 is 1.80. The van der Waals surface area contributed by atoms with Crippen molar-refractivity contribution >= 4 is 41.3 Å². The Kier molecular flexibility index (Phi) is 9.51. The topological polar surface area (TPSA) is 43.8 Å². The van der Waals surface area contributed by atoms with Crippen LogP contribution in [0, 0.1) is 13.8 Å². The van der Waals surface area contributed by atoms with Gasteiger partial charge >= 0.3 is 0 Å². The lowest BCUT2D eigenvalue weighted by molar-refractivity contribution is 0.233. The molecule has 1 aliphatic rings. The molecule has 2 rings (SSSR count). The number of likely N-dealkylation sites (tertiary alicyclic amines) is 1. The first-order valence-electron chi connectivity index (χ1n) is 8.63. The number of nitrogens with one attached hydrogen (secondary N) is 1. The van der Waals surface area contributed by atoms with Gasteiger partial charge in [-0.25, -0.2) is 4.98 Å². The standard InChI is InChI=1S/C17H31N5S.HI/c1-6-22-11-7-8-15(22)12-21(5)17(18-4)19-10-9-16-13(2)20-14(3)23-16;/h15H,6-12H2,1-5H3,(H,18,19);1H. The molecule has 1 aliphatic heterocycles. The third kappa shape index (κ3) is 5.84. The average Bonchev–Trinajstić information content (AvgIpc) is 3.09. The van der Waals surface area contributed by atoms with Crippen molar-refractivity contribution < 1.29 is 0 Å². The third-order valence-corrected chi connectivity index (χ3v) is 5.73. The Morgan fingerprint density at radius 3 is 2.79 bits per heavy atom. The number of guanidine groups is 1. The lowest BCUT2D eigenvalue weighted by atomic mass is 10.2. The van der Waals surface area contributed by atoms with Crippen LogP contribution in [0.15, 0.2) is 4.99 Å². The van der Waals surface area contributed by atoms with Crippen LogP contribution in [0.1, 0.15) is 35.3 Å². The Hall–Kier alpha value is -0.410. The quantitative estimate of drug-likeness (QED) is 0.399. The number of nitrogens with zero attached hydrogens (tertiary/aromatic N) is 4. The number of hydrogen-bond donors (Lipinski definition) is 1. The molecule has 1 unspecified atom stereocenters. The zero-order valence-corrected chi connectivity index (χ0v) is 18.8. The molecule has 1 fully saturated rings. The predicted octanol–water partition coefficient (Wildman–Crippen LogP) is 2.91.